The molecule has 1 atom stereocenters. The van der Waals surface area contributed by atoms with Crippen LogP contribution in [0.1, 0.15) is 12.8 Å². The molecule has 0 bridgehead atoms. The van der Waals surface area contributed by atoms with Crippen molar-refractivity contribution in [1.29, 1.82) is 0 Å². The van der Waals surface area contributed by atoms with Gasteiger partial charge in [0.15, 0.2) is 5.17 Å². The normalized spacial score (nSPS) is 20.6. The van der Waals surface area contributed by atoms with E-state index in [1.807, 2.05) is 0 Å². The quantitative estimate of drug-likeness (QED) is 0.919. The molecular weight excluding hydrogens is 329 g/mol. The Morgan fingerprint density at radius 2 is 2.36 bits per heavy atom. The highest BCUT2D eigenvalue weighted by Crippen LogP contribution is 2.31. The van der Waals surface area contributed by atoms with E-state index in [1.54, 1.807) is 4.90 Å². The van der Waals surface area contributed by atoms with E-state index in [4.69, 9.17) is 11.6 Å². The number of nitrogens with zero attached hydrogens (tertiary/aromatic N) is 2. The molecule has 0 radical (unpaired) electrons. The van der Waals surface area contributed by atoms with E-state index in [0.29, 0.717) is 17.4 Å². The number of halogens is 2. The van der Waals surface area contributed by atoms with Crippen LogP contribution in [0.3, 0.4) is 0 Å². The number of amides is 2. The van der Waals surface area contributed by atoms with Crippen LogP contribution in [-0.4, -0.2) is 40.2 Å². The summed E-state index contributed by atoms with van der Waals surface area (Å²) in [6, 6.07) is 3.95. The maximum absolute atomic E-state index is 13.1. The molecule has 1 fully saturated rings. The first-order chi connectivity index (χ1) is 10.5. The van der Waals surface area contributed by atoms with Crippen LogP contribution in [0, 0.1) is 5.82 Å². The first-order valence-corrected chi connectivity index (χ1v) is 8.08. The highest BCUT2D eigenvalue weighted by atomic mass is 35.5. The van der Waals surface area contributed by atoms with E-state index >= 15 is 0 Å². The van der Waals surface area contributed by atoms with Gasteiger partial charge in [-0.3, -0.25) is 19.5 Å². The second-order valence-electron chi connectivity index (χ2n) is 5.00. The highest BCUT2D eigenvalue weighted by Gasteiger charge is 2.39. The summed E-state index contributed by atoms with van der Waals surface area (Å²) in [7, 11) is 0. The zero-order chi connectivity index (χ0) is 15.7. The smallest absolute Gasteiger partial charge is 0.242 e. The molecule has 1 aromatic rings. The standard InChI is InChI=1S/C14H13ClFN3O2S/c15-9-6-8(2-3-10(9)16)18-12(20)7-11-13(21)19-5-1-4-17-14(19)22-11/h2-3,6,11H,1,4-5,7H2,(H,18,20). The van der Waals surface area contributed by atoms with Gasteiger partial charge >= 0.3 is 0 Å². The molecule has 116 valence electrons. The first-order valence-electron chi connectivity index (χ1n) is 6.82. The minimum Gasteiger partial charge on any atom is -0.326 e. The van der Waals surface area contributed by atoms with Crippen molar-refractivity contribution in [1.82, 2.24) is 4.90 Å². The number of carbonyl (C=O) groups excluding carboxylic acids is 2. The Bertz CT molecular complexity index is 667. The highest BCUT2D eigenvalue weighted by molar-refractivity contribution is 8.15. The molecule has 0 aliphatic carbocycles. The van der Waals surface area contributed by atoms with E-state index in [2.05, 4.69) is 10.3 Å². The van der Waals surface area contributed by atoms with Crippen LogP contribution < -0.4 is 5.32 Å². The van der Waals surface area contributed by atoms with E-state index in [-0.39, 0.29) is 23.3 Å². The van der Waals surface area contributed by atoms with Crippen molar-refractivity contribution in [2.24, 2.45) is 4.99 Å². The summed E-state index contributed by atoms with van der Waals surface area (Å²) in [5.74, 6) is -0.930. The van der Waals surface area contributed by atoms with Gasteiger partial charge in [-0.05, 0) is 24.6 Å². The second-order valence-corrected chi connectivity index (χ2v) is 6.57. The van der Waals surface area contributed by atoms with Crippen molar-refractivity contribution in [2.75, 3.05) is 18.4 Å². The zero-order valence-electron chi connectivity index (χ0n) is 11.5. The lowest BCUT2D eigenvalue weighted by Gasteiger charge is -2.19. The SMILES string of the molecule is O=C(CC1SC2=NCCCN2C1=O)Nc1ccc(F)c(Cl)c1. The Morgan fingerprint density at radius 3 is 3.09 bits per heavy atom. The predicted octanol–water partition coefficient (Wildman–Crippen LogP) is 2.51. The molecule has 1 N–H and O–H groups in total. The Hall–Kier alpha value is -1.60. The molecular formula is C14H13ClFN3O2S. The molecule has 1 aromatic carbocycles. The number of fused-ring (bicyclic) bond motifs is 1. The second kappa shape index (κ2) is 6.26. The molecule has 0 saturated carbocycles. The molecule has 2 heterocycles. The number of rotatable bonds is 3. The third-order valence-electron chi connectivity index (χ3n) is 3.38. The summed E-state index contributed by atoms with van der Waals surface area (Å²) in [5, 5.41) is 2.82. The number of amidine groups is 1. The Morgan fingerprint density at radius 1 is 1.55 bits per heavy atom. The fourth-order valence-corrected chi connectivity index (χ4v) is 3.70. The average molecular weight is 342 g/mol. The number of nitrogens with one attached hydrogen (secondary N) is 1. The monoisotopic (exact) mass is 341 g/mol. The lowest BCUT2D eigenvalue weighted by molar-refractivity contribution is -0.128. The van der Waals surface area contributed by atoms with Gasteiger partial charge in [0, 0.05) is 25.2 Å². The summed E-state index contributed by atoms with van der Waals surface area (Å²) in [6.07, 6.45) is 0.900. The molecule has 0 aromatic heterocycles. The van der Waals surface area contributed by atoms with Crippen molar-refractivity contribution in [3.8, 4) is 0 Å². The molecule has 0 spiro atoms. The van der Waals surface area contributed by atoms with Gasteiger partial charge in [-0.15, -0.1) is 0 Å². The number of carbonyl (C=O) groups is 2. The Kier molecular flexibility index (Phi) is 4.35. The van der Waals surface area contributed by atoms with Crippen molar-refractivity contribution in [3.05, 3.63) is 29.0 Å². The van der Waals surface area contributed by atoms with Crippen molar-refractivity contribution in [2.45, 2.75) is 18.1 Å². The summed E-state index contributed by atoms with van der Waals surface area (Å²) in [5.41, 5.74) is 0.405. The first kappa shape index (κ1) is 15.3. The van der Waals surface area contributed by atoms with Crippen LogP contribution in [0.5, 0.6) is 0 Å². The van der Waals surface area contributed by atoms with Crippen LogP contribution in [0.4, 0.5) is 10.1 Å². The number of hydrogen-bond acceptors (Lipinski definition) is 4. The predicted molar refractivity (Wildman–Crippen MR) is 84.7 cm³/mol. The van der Waals surface area contributed by atoms with Gasteiger partial charge in [-0.1, -0.05) is 23.4 Å². The maximum atomic E-state index is 13.1. The van der Waals surface area contributed by atoms with Crippen LogP contribution in [-0.2, 0) is 9.59 Å². The molecule has 2 aliphatic rings. The van der Waals surface area contributed by atoms with E-state index in [0.717, 1.165) is 13.0 Å². The summed E-state index contributed by atoms with van der Waals surface area (Å²) in [4.78, 5) is 30.2. The van der Waals surface area contributed by atoms with Gasteiger partial charge in [0.2, 0.25) is 11.8 Å². The largest absolute Gasteiger partial charge is 0.326 e. The Balaban J connectivity index is 1.62. The number of benzene rings is 1. The van der Waals surface area contributed by atoms with E-state index in [9.17, 15) is 14.0 Å². The van der Waals surface area contributed by atoms with Crippen LogP contribution in [0.2, 0.25) is 5.02 Å². The average Bonchev–Trinajstić information content (AvgIpc) is 2.80. The van der Waals surface area contributed by atoms with Gasteiger partial charge < -0.3 is 5.32 Å². The third-order valence-corrected chi connectivity index (χ3v) is 4.88. The number of thioether (sulfide) groups is 1. The van der Waals surface area contributed by atoms with Gasteiger partial charge in [0.25, 0.3) is 0 Å². The van der Waals surface area contributed by atoms with Gasteiger partial charge in [0.05, 0.1) is 5.02 Å². The number of hydrogen-bond donors (Lipinski definition) is 1. The fourth-order valence-electron chi connectivity index (χ4n) is 2.32. The molecule has 3 rings (SSSR count). The molecule has 2 amide bonds. The number of aliphatic imine (C=N–C) groups is 1. The number of anilines is 1. The summed E-state index contributed by atoms with van der Waals surface area (Å²) >= 11 is 6.99. The van der Waals surface area contributed by atoms with E-state index < -0.39 is 11.1 Å². The minimum absolute atomic E-state index is 0.0496. The lowest BCUT2D eigenvalue weighted by Crippen LogP contribution is -2.36. The molecule has 8 heteroatoms. The Labute approximate surface area is 135 Å². The van der Waals surface area contributed by atoms with Crippen molar-refractivity contribution in [3.63, 3.8) is 0 Å². The molecule has 1 saturated heterocycles. The van der Waals surface area contributed by atoms with Crippen molar-refractivity contribution >= 4 is 46.0 Å². The zero-order valence-corrected chi connectivity index (χ0v) is 13.1. The molecule has 22 heavy (non-hydrogen) atoms. The lowest BCUT2D eigenvalue weighted by atomic mass is 10.2. The third kappa shape index (κ3) is 3.10. The topological polar surface area (TPSA) is 61.8 Å². The fraction of sp³-hybridized carbons (Fsp3) is 0.357. The molecule has 2 aliphatic heterocycles. The molecule has 5 nitrogen and oxygen atoms in total. The maximum Gasteiger partial charge on any atom is 0.242 e. The van der Waals surface area contributed by atoms with Crippen LogP contribution >= 0.6 is 23.4 Å². The van der Waals surface area contributed by atoms with Gasteiger partial charge in [-0.25, -0.2) is 4.39 Å². The van der Waals surface area contributed by atoms with Gasteiger partial charge in [-0.2, -0.15) is 0 Å². The van der Waals surface area contributed by atoms with E-state index in [1.165, 1.54) is 30.0 Å². The van der Waals surface area contributed by atoms with Crippen LogP contribution in [0.25, 0.3) is 0 Å². The molecule has 1 unspecified atom stereocenters. The summed E-state index contributed by atoms with van der Waals surface area (Å²) < 4.78 is 13.1. The van der Waals surface area contributed by atoms with Crippen molar-refractivity contribution < 1.29 is 14.0 Å². The van der Waals surface area contributed by atoms with Gasteiger partial charge in [0.1, 0.15) is 11.1 Å². The minimum atomic E-state index is -0.545. The summed E-state index contributed by atoms with van der Waals surface area (Å²) in [6.45, 7) is 1.38. The van der Waals surface area contributed by atoms with Crippen LogP contribution in [0.15, 0.2) is 23.2 Å².